The molecule has 1 aromatic carbocycles. The van der Waals surface area contributed by atoms with Crippen LogP contribution >= 0.6 is 0 Å². The summed E-state index contributed by atoms with van der Waals surface area (Å²) in [6.45, 7) is 2.68. The van der Waals surface area contributed by atoms with Crippen LogP contribution in [0.25, 0.3) is 22.2 Å². The first-order valence-electron chi connectivity index (χ1n) is 8.67. The molecular formula is C20H21N3O3. The average Bonchev–Trinajstić information content (AvgIpc) is 2.68. The number of anilines is 2. The van der Waals surface area contributed by atoms with Gasteiger partial charge in [-0.1, -0.05) is 12.1 Å². The van der Waals surface area contributed by atoms with Crippen LogP contribution in [-0.4, -0.2) is 45.4 Å². The smallest absolute Gasteiger partial charge is 0.200 e. The summed E-state index contributed by atoms with van der Waals surface area (Å²) in [5.74, 6) is 0.573. The first-order valence-corrected chi connectivity index (χ1v) is 8.67. The van der Waals surface area contributed by atoms with Gasteiger partial charge in [-0.3, -0.25) is 9.78 Å². The molecule has 0 spiro atoms. The fourth-order valence-electron chi connectivity index (χ4n) is 3.15. The van der Waals surface area contributed by atoms with Crippen molar-refractivity contribution in [2.24, 2.45) is 0 Å². The SMILES string of the molecule is CN(C)c1cccc(-c2nccc3c(=O)cc(N4CCOCC4)oc23)c1. The van der Waals surface area contributed by atoms with Gasteiger partial charge in [-0.2, -0.15) is 0 Å². The van der Waals surface area contributed by atoms with Crippen LogP contribution in [0, 0.1) is 0 Å². The van der Waals surface area contributed by atoms with Gasteiger partial charge in [-0.05, 0) is 18.2 Å². The van der Waals surface area contributed by atoms with Gasteiger partial charge < -0.3 is 19.0 Å². The summed E-state index contributed by atoms with van der Waals surface area (Å²) in [5.41, 5.74) is 3.13. The second kappa shape index (κ2) is 6.80. The number of aromatic nitrogens is 1. The van der Waals surface area contributed by atoms with E-state index in [0.29, 0.717) is 48.9 Å². The minimum atomic E-state index is -0.0554. The Labute approximate surface area is 151 Å². The van der Waals surface area contributed by atoms with Crippen molar-refractivity contribution in [3.8, 4) is 11.3 Å². The third-order valence-corrected chi connectivity index (χ3v) is 4.59. The predicted molar refractivity (Wildman–Crippen MR) is 103 cm³/mol. The van der Waals surface area contributed by atoms with Crippen molar-refractivity contribution >= 4 is 22.5 Å². The molecule has 0 unspecified atom stereocenters. The van der Waals surface area contributed by atoms with Gasteiger partial charge in [0, 0.05) is 50.7 Å². The summed E-state index contributed by atoms with van der Waals surface area (Å²) in [5, 5.41) is 0.544. The van der Waals surface area contributed by atoms with Crippen LogP contribution in [0.2, 0.25) is 0 Å². The van der Waals surface area contributed by atoms with Crippen molar-refractivity contribution in [2.75, 3.05) is 50.2 Å². The molecule has 3 aromatic rings. The van der Waals surface area contributed by atoms with E-state index in [1.807, 2.05) is 48.2 Å². The normalized spacial score (nSPS) is 14.6. The van der Waals surface area contributed by atoms with Gasteiger partial charge in [0.25, 0.3) is 0 Å². The van der Waals surface area contributed by atoms with Crippen LogP contribution in [0.1, 0.15) is 0 Å². The van der Waals surface area contributed by atoms with E-state index in [1.165, 1.54) is 0 Å². The molecule has 1 saturated heterocycles. The molecule has 0 atom stereocenters. The zero-order valence-electron chi connectivity index (χ0n) is 14.9. The lowest BCUT2D eigenvalue weighted by Gasteiger charge is -2.27. The number of rotatable bonds is 3. The quantitative estimate of drug-likeness (QED) is 0.723. The Hall–Kier alpha value is -2.86. The van der Waals surface area contributed by atoms with Gasteiger partial charge in [0.15, 0.2) is 16.9 Å². The lowest BCUT2D eigenvalue weighted by atomic mass is 10.1. The highest BCUT2D eigenvalue weighted by Gasteiger charge is 2.18. The number of pyridine rings is 1. The molecule has 134 valence electrons. The van der Waals surface area contributed by atoms with E-state index in [-0.39, 0.29) is 5.43 Å². The first-order chi connectivity index (χ1) is 12.6. The maximum atomic E-state index is 12.6. The molecule has 1 aliphatic rings. The fourth-order valence-corrected chi connectivity index (χ4v) is 3.15. The molecule has 6 nitrogen and oxygen atoms in total. The molecule has 1 aliphatic heterocycles. The Kier molecular flexibility index (Phi) is 4.34. The molecule has 6 heteroatoms. The van der Waals surface area contributed by atoms with Gasteiger partial charge in [-0.15, -0.1) is 0 Å². The zero-order valence-corrected chi connectivity index (χ0v) is 14.9. The van der Waals surface area contributed by atoms with E-state index < -0.39 is 0 Å². The molecule has 26 heavy (non-hydrogen) atoms. The van der Waals surface area contributed by atoms with Gasteiger partial charge in [0.2, 0.25) is 0 Å². The van der Waals surface area contributed by atoms with Gasteiger partial charge >= 0.3 is 0 Å². The number of morpholine rings is 1. The standard InChI is InChI=1S/C20H21N3O3/c1-22(2)15-5-3-4-14(12-15)19-20-16(6-7-21-19)17(24)13-18(26-20)23-8-10-25-11-9-23/h3-7,12-13H,8-11H2,1-2H3. The van der Waals surface area contributed by atoms with E-state index in [2.05, 4.69) is 4.98 Å². The van der Waals surface area contributed by atoms with Crippen LogP contribution < -0.4 is 15.2 Å². The number of benzene rings is 1. The van der Waals surface area contributed by atoms with Crippen molar-refractivity contribution in [3.05, 3.63) is 52.8 Å². The van der Waals surface area contributed by atoms with Crippen LogP contribution in [0.15, 0.2) is 51.8 Å². The highest BCUT2D eigenvalue weighted by molar-refractivity contribution is 5.90. The monoisotopic (exact) mass is 351 g/mol. The van der Waals surface area contributed by atoms with E-state index in [4.69, 9.17) is 9.15 Å². The first kappa shape index (κ1) is 16.6. The Morgan fingerprint density at radius 3 is 2.69 bits per heavy atom. The van der Waals surface area contributed by atoms with Crippen molar-refractivity contribution in [1.82, 2.24) is 4.98 Å². The van der Waals surface area contributed by atoms with Crippen LogP contribution in [0.4, 0.5) is 11.6 Å². The molecule has 1 fully saturated rings. The number of hydrogen-bond donors (Lipinski definition) is 0. The number of fused-ring (bicyclic) bond motifs is 1. The molecular weight excluding hydrogens is 330 g/mol. The Morgan fingerprint density at radius 1 is 1.12 bits per heavy atom. The third-order valence-electron chi connectivity index (χ3n) is 4.59. The van der Waals surface area contributed by atoms with Gasteiger partial charge in [-0.25, -0.2) is 0 Å². The maximum absolute atomic E-state index is 12.6. The topological polar surface area (TPSA) is 58.8 Å². The summed E-state index contributed by atoms with van der Waals surface area (Å²) < 4.78 is 11.6. The molecule has 0 radical (unpaired) electrons. The van der Waals surface area contributed by atoms with Crippen molar-refractivity contribution in [1.29, 1.82) is 0 Å². The molecule has 0 aliphatic carbocycles. The molecule has 4 rings (SSSR count). The van der Waals surface area contributed by atoms with Crippen molar-refractivity contribution in [3.63, 3.8) is 0 Å². The second-order valence-electron chi connectivity index (χ2n) is 6.53. The highest BCUT2D eigenvalue weighted by atomic mass is 16.5. The zero-order chi connectivity index (χ0) is 18.1. The minimum absolute atomic E-state index is 0.0554. The van der Waals surface area contributed by atoms with E-state index in [0.717, 1.165) is 11.3 Å². The average molecular weight is 351 g/mol. The van der Waals surface area contributed by atoms with E-state index >= 15 is 0 Å². The summed E-state index contributed by atoms with van der Waals surface area (Å²) in [6, 6.07) is 11.3. The maximum Gasteiger partial charge on any atom is 0.200 e. The highest BCUT2D eigenvalue weighted by Crippen LogP contribution is 2.30. The lowest BCUT2D eigenvalue weighted by Crippen LogP contribution is -2.36. The lowest BCUT2D eigenvalue weighted by molar-refractivity contribution is 0.121. The fraction of sp³-hybridized carbons (Fsp3) is 0.300. The van der Waals surface area contributed by atoms with Crippen molar-refractivity contribution in [2.45, 2.75) is 0 Å². The largest absolute Gasteiger partial charge is 0.438 e. The van der Waals surface area contributed by atoms with Gasteiger partial charge in [0.1, 0.15) is 5.69 Å². The predicted octanol–water partition coefficient (Wildman–Crippen LogP) is 2.76. The minimum Gasteiger partial charge on any atom is -0.438 e. The van der Waals surface area contributed by atoms with E-state index in [9.17, 15) is 4.79 Å². The Balaban J connectivity index is 1.88. The van der Waals surface area contributed by atoms with Crippen LogP contribution in [0.3, 0.4) is 0 Å². The van der Waals surface area contributed by atoms with Gasteiger partial charge in [0.05, 0.1) is 18.6 Å². The molecule has 0 bridgehead atoms. The Bertz CT molecular complexity index is 991. The Morgan fingerprint density at radius 2 is 1.92 bits per heavy atom. The summed E-state index contributed by atoms with van der Waals surface area (Å²) in [6.07, 6.45) is 1.66. The third kappa shape index (κ3) is 3.04. The number of hydrogen-bond acceptors (Lipinski definition) is 6. The summed E-state index contributed by atoms with van der Waals surface area (Å²) in [4.78, 5) is 21.2. The van der Waals surface area contributed by atoms with Crippen LogP contribution in [-0.2, 0) is 4.74 Å². The molecule has 0 N–H and O–H groups in total. The van der Waals surface area contributed by atoms with Crippen LogP contribution in [0.5, 0.6) is 0 Å². The second-order valence-corrected chi connectivity index (χ2v) is 6.53. The van der Waals surface area contributed by atoms with E-state index in [1.54, 1.807) is 18.3 Å². The van der Waals surface area contributed by atoms with Crippen molar-refractivity contribution < 1.29 is 9.15 Å². The molecule has 0 saturated carbocycles. The molecule has 3 heterocycles. The molecule has 0 amide bonds. The number of ether oxygens (including phenoxy) is 1. The summed E-state index contributed by atoms with van der Waals surface area (Å²) in [7, 11) is 3.98. The number of nitrogens with zero attached hydrogens (tertiary/aromatic N) is 3. The molecule has 2 aromatic heterocycles. The summed E-state index contributed by atoms with van der Waals surface area (Å²) >= 11 is 0.